The molecule has 0 radical (unpaired) electrons. The maximum absolute atomic E-state index is 13.5. The summed E-state index contributed by atoms with van der Waals surface area (Å²) in [5.74, 6) is 0.0985. The zero-order chi connectivity index (χ0) is 21.3. The van der Waals surface area contributed by atoms with Crippen molar-refractivity contribution in [3.8, 4) is 16.9 Å². The van der Waals surface area contributed by atoms with E-state index < -0.39 is 6.61 Å². The van der Waals surface area contributed by atoms with Gasteiger partial charge in [0.1, 0.15) is 0 Å². The summed E-state index contributed by atoms with van der Waals surface area (Å²) in [7, 11) is 0. The largest absolute Gasteiger partial charge is 0.432 e. The average Bonchev–Trinajstić information content (AvgIpc) is 3.67. The average molecular weight is 422 g/mol. The number of benzene rings is 2. The Labute approximate surface area is 178 Å². The zero-order valence-corrected chi connectivity index (χ0v) is 17.4. The lowest BCUT2D eigenvalue weighted by atomic mass is 9.86. The van der Waals surface area contributed by atoms with Gasteiger partial charge in [-0.05, 0) is 67.5 Å². The van der Waals surface area contributed by atoms with Gasteiger partial charge < -0.3 is 14.6 Å². The molecular formula is C25H24F2N2O2. The standard InChI is InChI=1S/C25H24F2N2O2/c1-14-12-29(17-3-4-17)21-19(22(14)30)6-5-18(23(21)31-24(26)27)15-2-7-20-16(10-15)11-28-13-25(20)8-9-25/h2,5-7,10,12,17,24,28H,3-4,8-9,11,13H2,1H3. The second-order valence-corrected chi connectivity index (χ2v) is 9.25. The molecule has 3 aromatic rings. The van der Waals surface area contributed by atoms with Crippen LogP contribution in [0, 0.1) is 6.92 Å². The fraction of sp³-hybridized carbons (Fsp3) is 0.400. The van der Waals surface area contributed by atoms with Crippen LogP contribution in [0.2, 0.25) is 0 Å². The lowest BCUT2D eigenvalue weighted by Gasteiger charge is -2.27. The highest BCUT2D eigenvalue weighted by atomic mass is 19.3. The van der Waals surface area contributed by atoms with Gasteiger partial charge in [-0.25, -0.2) is 0 Å². The Morgan fingerprint density at radius 1 is 1.19 bits per heavy atom. The number of hydrogen-bond acceptors (Lipinski definition) is 3. The molecule has 1 spiro atoms. The van der Waals surface area contributed by atoms with Gasteiger partial charge in [-0.15, -0.1) is 0 Å². The van der Waals surface area contributed by atoms with Crippen LogP contribution >= 0.6 is 0 Å². The highest BCUT2D eigenvalue weighted by molar-refractivity contribution is 5.93. The molecular weight excluding hydrogens is 398 g/mol. The van der Waals surface area contributed by atoms with Crippen molar-refractivity contribution < 1.29 is 13.5 Å². The van der Waals surface area contributed by atoms with Gasteiger partial charge in [0.25, 0.3) is 0 Å². The van der Waals surface area contributed by atoms with Crippen LogP contribution in [-0.4, -0.2) is 17.7 Å². The molecule has 160 valence electrons. The smallest absolute Gasteiger partial charge is 0.387 e. The minimum Gasteiger partial charge on any atom is -0.432 e. The first kappa shape index (κ1) is 19.0. The number of nitrogens with zero attached hydrogens (tertiary/aromatic N) is 1. The summed E-state index contributed by atoms with van der Waals surface area (Å²) in [5, 5.41) is 3.93. The molecule has 4 nitrogen and oxygen atoms in total. The Balaban J connectivity index is 1.59. The molecule has 0 saturated heterocycles. The topological polar surface area (TPSA) is 43.3 Å². The molecule has 0 unspecified atom stereocenters. The molecule has 2 aromatic carbocycles. The highest BCUT2D eigenvalue weighted by Crippen LogP contribution is 2.51. The van der Waals surface area contributed by atoms with E-state index in [1.165, 1.54) is 24.0 Å². The number of fused-ring (bicyclic) bond motifs is 3. The summed E-state index contributed by atoms with van der Waals surface area (Å²) in [6, 6.07) is 9.99. The van der Waals surface area contributed by atoms with Crippen LogP contribution in [-0.2, 0) is 12.0 Å². The molecule has 6 heteroatoms. The third kappa shape index (κ3) is 2.99. The minimum atomic E-state index is -2.97. The van der Waals surface area contributed by atoms with Crippen molar-refractivity contribution in [2.75, 3.05) is 6.54 Å². The predicted molar refractivity (Wildman–Crippen MR) is 116 cm³/mol. The number of nitrogens with one attached hydrogen (secondary N) is 1. The molecule has 2 fully saturated rings. The number of aromatic nitrogens is 1. The van der Waals surface area contributed by atoms with Crippen LogP contribution in [0.3, 0.4) is 0 Å². The van der Waals surface area contributed by atoms with Crippen molar-refractivity contribution in [1.29, 1.82) is 0 Å². The van der Waals surface area contributed by atoms with E-state index in [0.29, 0.717) is 22.0 Å². The number of aryl methyl sites for hydroxylation is 1. The van der Waals surface area contributed by atoms with Gasteiger partial charge in [-0.1, -0.05) is 12.1 Å². The third-order valence-corrected chi connectivity index (χ3v) is 7.09. The van der Waals surface area contributed by atoms with E-state index in [2.05, 4.69) is 17.4 Å². The first-order valence-corrected chi connectivity index (χ1v) is 10.9. The van der Waals surface area contributed by atoms with Gasteiger partial charge in [0.2, 0.25) is 0 Å². The molecule has 2 aliphatic carbocycles. The fourth-order valence-corrected chi connectivity index (χ4v) is 5.18. The Morgan fingerprint density at radius 2 is 2.00 bits per heavy atom. The van der Waals surface area contributed by atoms with Crippen molar-refractivity contribution >= 4 is 10.9 Å². The number of halogens is 2. The zero-order valence-electron chi connectivity index (χ0n) is 17.4. The normalized spacial score (nSPS) is 19.1. The summed E-state index contributed by atoms with van der Waals surface area (Å²) in [6.07, 6.45) is 6.12. The van der Waals surface area contributed by atoms with Gasteiger partial charge in [-0.2, -0.15) is 8.78 Å². The molecule has 1 aromatic heterocycles. The van der Waals surface area contributed by atoms with Gasteiger partial charge in [0.05, 0.1) is 5.52 Å². The summed E-state index contributed by atoms with van der Waals surface area (Å²) in [6.45, 7) is 0.576. The molecule has 0 bridgehead atoms. The van der Waals surface area contributed by atoms with Gasteiger partial charge in [0.15, 0.2) is 11.2 Å². The monoisotopic (exact) mass is 422 g/mol. The molecule has 1 aliphatic heterocycles. The van der Waals surface area contributed by atoms with Crippen molar-refractivity contribution in [3.63, 3.8) is 0 Å². The van der Waals surface area contributed by atoms with Crippen molar-refractivity contribution in [2.45, 2.75) is 57.2 Å². The maximum atomic E-state index is 13.5. The van der Waals surface area contributed by atoms with E-state index in [1.807, 2.05) is 10.6 Å². The Morgan fingerprint density at radius 3 is 2.71 bits per heavy atom. The van der Waals surface area contributed by atoms with E-state index >= 15 is 0 Å². The molecule has 1 N–H and O–H groups in total. The van der Waals surface area contributed by atoms with Gasteiger partial charge >= 0.3 is 6.61 Å². The van der Waals surface area contributed by atoms with E-state index in [1.54, 1.807) is 25.3 Å². The lowest BCUT2D eigenvalue weighted by Crippen LogP contribution is -2.33. The van der Waals surface area contributed by atoms with Crippen molar-refractivity contribution in [2.24, 2.45) is 0 Å². The second-order valence-electron chi connectivity index (χ2n) is 9.25. The van der Waals surface area contributed by atoms with Crippen LogP contribution in [0.15, 0.2) is 41.3 Å². The van der Waals surface area contributed by atoms with Crippen LogP contribution in [0.1, 0.15) is 48.4 Å². The van der Waals surface area contributed by atoms with E-state index in [4.69, 9.17) is 4.74 Å². The number of ether oxygens (including phenoxy) is 1. The minimum absolute atomic E-state index is 0.0985. The summed E-state index contributed by atoms with van der Waals surface area (Å²) < 4.78 is 34.2. The molecule has 3 aliphatic rings. The van der Waals surface area contributed by atoms with Crippen LogP contribution in [0.25, 0.3) is 22.0 Å². The van der Waals surface area contributed by atoms with Crippen LogP contribution in [0.5, 0.6) is 5.75 Å². The molecule has 6 rings (SSSR count). The van der Waals surface area contributed by atoms with Crippen LogP contribution in [0.4, 0.5) is 8.78 Å². The molecule has 0 amide bonds. The van der Waals surface area contributed by atoms with E-state index in [-0.39, 0.29) is 22.6 Å². The van der Waals surface area contributed by atoms with Gasteiger partial charge in [0, 0.05) is 47.3 Å². The molecule has 0 atom stereocenters. The van der Waals surface area contributed by atoms with Gasteiger partial charge in [-0.3, -0.25) is 4.79 Å². The van der Waals surface area contributed by atoms with Crippen molar-refractivity contribution in [3.05, 3.63) is 63.4 Å². The first-order chi connectivity index (χ1) is 15.0. The lowest BCUT2D eigenvalue weighted by molar-refractivity contribution is -0.0486. The molecule has 31 heavy (non-hydrogen) atoms. The number of pyridine rings is 1. The Hall–Kier alpha value is -2.73. The maximum Gasteiger partial charge on any atom is 0.387 e. The summed E-state index contributed by atoms with van der Waals surface area (Å²) in [4.78, 5) is 12.8. The number of hydrogen-bond donors (Lipinski definition) is 1. The highest BCUT2D eigenvalue weighted by Gasteiger charge is 2.46. The quantitative estimate of drug-likeness (QED) is 0.640. The summed E-state index contributed by atoms with van der Waals surface area (Å²) >= 11 is 0. The molecule has 2 heterocycles. The Bertz CT molecular complexity index is 1270. The predicted octanol–water partition coefficient (Wildman–Crippen LogP) is 5.05. The number of rotatable bonds is 4. The first-order valence-electron chi connectivity index (χ1n) is 10.9. The fourth-order valence-electron chi connectivity index (χ4n) is 5.18. The Kier molecular flexibility index (Phi) is 4.06. The summed E-state index contributed by atoms with van der Waals surface area (Å²) in [5.41, 5.74) is 5.24. The number of alkyl halides is 2. The van der Waals surface area contributed by atoms with Crippen molar-refractivity contribution in [1.82, 2.24) is 9.88 Å². The second kappa shape index (κ2) is 6.63. The van der Waals surface area contributed by atoms with E-state index in [9.17, 15) is 13.6 Å². The van der Waals surface area contributed by atoms with Crippen LogP contribution < -0.4 is 15.5 Å². The third-order valence-electron chi connectivity index (χ3n) is 7.09. The van der Waals surface area contributed by atoms with E-state index in [0.717, 1.165) is 31.5 Å². The SMILES string of the molecule is Cc1cn(C2CC2)c2c(OC(F)F)c(-c3ccc4c(c3)CNCC43CC3)ccc2c1=O. The molecule has 2 saturated carbocycles.